The van der Waals surface area contributed by atoms with Crippen molar-refractivity contribution in [1.82, 2.24) is 14.2 Å². The van der Waals surface area contributed by atoms with Gasteiger partial charge in [-0.25, -0.2) is 12.7 Å². The molecular formula is C22H23N3O5S. The van der Waals surface area contributed by atoms with E-state index in [-0.39, 0.29) is 34.1 Å². The first kappa shape index (κ1) is 20.1. The van der Waals surface area contributed by atoms with Crippen molar-refractivity contribution < 1.29 is 22.7 Å². The highest BCUT2D eigenvalue weighted by molar-refractivity contribution is 7.90. The Morgan fingerprint density at radius 1 is 1.23 bits per heavy atom. The second-order valence-electron chi connectivity index (χ2n) is 8.23. The molecule has 31 heavy (non-hydrogen) atoms. The summed E-state index contributed by atoms with van der Waals surface area (Å²) in [6.07, 6.45) is 6.52. The topological polar surface area (TPSA) is 96.9 Å². The number of hydrogen-bond donors (Lipinski definition) is 0. The number of fused-ring (bicyclic) bond motifs is 1. The Bertz CT molecular complexity index is 1130. The van der Waals surface area contributed by atoms with Gasteiger partial charge in [-0.05, 0) is 55.5 Å². The number of carbonyl (C=O) groups is 2. The molecule has 0 spiro atoms. The first-order valence-electron chi connectivity index (χ1n) is 10.5. The van der Waals surface area contributed by atoms with E-state index in [2.05, 4.69) is 4.98 Å². The summed E-state index contributed by atoms with van der Waals surface area (Å²) in [6.45, 7) is 1.42. The monoisotopic (exact) mass is 441 g/mol. The van der Waals surface area contributed by atoms with E-state index in [1.54, 1.807) is 17.3 Å². The zero-order valence-corrected chi connectivity index (χ0v) is 17.8. The molecule has 2 fully saturated rings. The minimum Gasteiger partial charge on any atom is -0.376 e. The lowest BCUT2D eigenvalue weighted by Gasteiger charge is -2.26. The molecule has 1 saturated carbocycles. The van der Waals surface area contributed by atoms with E-state index in [1.165, 1.54) is 18.2 Å². The molecule has 1 unspecified atom stereocenters. The Hall–Kier alpha value is -2.78. The third-order valence-electron chi connectivity index (χ3n) is 5.91. The van der Waals surface area contributed by atoms with Gasteiger partial charge >= 0.3 is 0 Å². The Kier molecular flexibility index (Phi) is 5.02. The van der Waals surface area contributed by atoms with Gasteiger partial charge < -0.3 is 9.64 Å². The molecule has 1 atom stereocenters. The van der Waals surface area contributed by atoms with E-state index < -0.39 is 15.9 Å². The van der Waals surface area contributed by atoms with Gasteiger partial charge in [0.1, 0.15) is 4.90 Å². The van der Waals surface area contributed by atoms with Gasteiger partial charge in [-0.1, -0.05) is 6.07 Å². The number of nitrogens with zero attached hydrogens (tertiary/aromatic N) is 3. The van der Waals surface area contributed by atoms with Gasteiger partial charge in [0.15, 0.2) is 0 Å². The smallest absolute Gasteiger partial charge is 0.269 e. The van der Waals surface area contributed by atoms with Gasteiger partial charge in [0.25, 0.3) is 21.8 Å². The molecule has 1 aromatic carbocycles. The normalized spacial score (nSPS) is 21.9. The van der Waals surface area contributed by atoms with Crippen LogP contribution in [-0.4, -0.2) is 59.7 Å². The van der Waals surface area contributed by atoms with Gasteiger partial charge in [0.05, 0.1) is 11.7 Å². The Morgan fingerprint density at radius 2 is 2.06 bits per heavy atom. The number of ether oxygens (including phenoxy) is 1. The molecule has 5 rings (SSSR count). The molecule has 2 aromatic rings. The SMILES string of the molecule is O=C(c1ccc2c(c1)S(=O)(=O)N(C1CC1)C2=O)N(Cc1cccnc1)CC1CCCO1. The van der Waals surface area contributed by atoms with E-state index in [0.717, 1.165) is 22.7 Å². The van der Waals surface area contributed by atoms with Crippen LogP contribution in [0.5, 0.6) is 0 Å². The maximum absolute atomic E-state index is 13.4. The van der Waals surface area contributed by atoms with E-state index >= 15 is 0 Å². The Balaban J connectivity index is 1.45. The van der Waals surface area contributed by atoms with Crippen molar-refractivity contribution in [1.29, 1.82) is 0 Å². The van der Waals surface area contributed by atoms with Gasteiger partial charge in [0, 0.05) is 43.7 Å². The number of carbonyl (C=O) groups excluding carboxylic acids is 2. The number of amides is 2. The van der Waals surface area contributed by atoms with Crippen LogP contribution in [-0.2, 0) is 21.3 Å². The lowest BCUT2D eigenvalue weighted by Crippen LogP contribution is -2.37. The molecule has 0 bridgehead atoms. The maximum atomic E-state index is 13.4. The van der Waals surface area contributed by atoms with Gasteiger partial charge in [0.2, 0.25) is 0 Å². The minimum absolute atomic E-state index is 0.0503. The standard InChI is InChI=1S/C22H23N3O5S/c26-21(24(14-18-4-2-10-30-18)13-15-3-1-9-23-12-15)16-5-8-19-20(11-16)31(28,29)25(22(19)27)17-6-7-17/h1,3,5,8-9,11-12,17-18H,2,4,6-7,10,13-14H2. The molecule has 0 radical (unpaired) electrons. The fourth-order valence-corrected chi connectivity index (χ4v) is 6.04. The number of hydrogen-bond acceptors (Lipinski definition) is 6. The van der Waals surface area contributed by atoms with Crippen LogP contribution < -0.4 is 0 Å². The van der Waals surface area contributed by atoms with E-state index in [4.69, 9.17) is 4.74 Å². The van der Waals surface area contributed by atoms with Crippen LogP contribution in [0.25, 0.3) is 0 Å². The second kappa shape index (κ2) is 7.72. The maximum Gasteiger partial charge on any atom is 0.269 e. The molecule has 0 N–H and O–H groups in total. The Labute approximate surface area is 180 Å². The van der Waals surface area contributed by atoms with Crippen molar-refractivity contribution >= 4 is 21.8 Å². The van der Waals surface area contributed by atoms with Crippen molar-refractivity contribution in [3.63, 3.8) is 0 Å². The van der Waals surface area contributed by atoms with Gasteiger partial charge in [-0.3, -0.25) is 14.6 Å². The summed E-state index contributed by atoms with van der Waals surface area (Å²) in [4.78, 5) is 31.7. The first-order valence-corrected chi connectivity index (χ1v) is 11.9. The lowest BCUT2D eigenvalue weighted by atomic mass is 10.1. The highest BCUT2D eigenvalue weighted by Gasteiger charge is 2.49. The quantitative estimate of drug-likeness (QED) is 0.682. The van der Waals surface area contributed by atoms with Gasteiger partial charge in [-0.2, -0.15) is 0 Å². The molecule has 2 amide bonds. The van der Waals surface area contributed by atoms with E-state index in [0.29, 0.717) is 32.5 Å². The van der Waals surface area contributed by atoms with E-state index in [1.807, 2.05) is 12.1 Å². The first-order chi connectivity index (χ1) is 14.9. The number of rotatable bonds is 6. The molecule has 8 nitrogen and oxygen atoms in total. The average molecular weight is 442 g/mol. The Morgan fingerprint density at radius 3 is 2.74 bits per heavy atom. The largest absolute Gasteiger partial charge is 0.376 e. The minimum atomic E-state index is -3.92. The fraction of sp³-hybridized carbons (Fsp3) is 0.409. The van der Waals surface area contributed by atoms with Crippen molar-refractivity contribution in [2.45, 2.75) is 49.3 Å². The summed E-state index contributed by atoms with van der Waals surface area (Å²) in [6, 6.07) is 7.78. The van der Waals surface area contributed by atoms with Crippen molar-refractivity contribution in [2.24, 2.45) is 0 Å². The summed E-state index contributed by atoms with van der Waals surface area (Å²) < 4.78 is 32.6. The van der Waals surface area contributed by atoms with Crippen LogP contribution in [0, 0.1) is 0 Å². The van der Waals surface area contributed by atoms with Gasteiger partial charge in [-0.15, -0.1) is 0 Å². The van der Waals surface area contributed by atoms with Crippen LogP contribution in [0.3, 0.4) is 0 Å². The van der Waals surface area contributed by atoms with Crippen LogP contribution in [0.2, 0.25) is 0 Å². The molecule has 1 aromatic heterocycles. The fourth-order valence-electron chi connectivity index (χ4n) is 4.20. The van der Waals surface area contributed by atoms with E-state index in [9.17, 15) is 18.0 Å². The second-order valence-corrected chi connectivity index (χ2v) is 10.0. The molecule has 1 aliphatic carbocycles. The average Bonchev–Trinajstić information content (AvgIpc) is 3.41. The predicted molar refractivity (Wildman–Crippen MR) is 111 cm³/mol. The number of benzene rings is 1. The summed E-state index contributed by atoms with van der Waals surface area (Å²) in [5.74, 6) is -0.794. The molecule has 162 valence electrons. The molecule has 9 heteroatoms. The molecule has 3 aliphatic rings. The van der Waals surface area contributed by atoms with Crippen LogP contribution in [0.1, 0.15) is 52.0 Å². The van der Waals surface area contributed by atoms with Crippen LogP contribution >= 0.6 is 0 Å². The zero-order valence-electron chi connectivity index (χ0n) is 16.9. The van der Waals surface area contributed by atoms with Crippen LogP contribution in [0.4, 0.5) is 0 Å². The van der Waals surface area contributed by atoms with Crippen molar-refractivity contribution in [3.8, 4) is 0 Å². The highest BCUT2D eigenvalue weighted by Crippen LogP contribution is 2.39. The zero-order chi connectivity index (χ0) is 21.6. The number of pyridine rings is 1. The summed E-state index contributed by atoms with van der Waals surface area (Å²) in [7, 11) is -3.92. The molecule has 2 aliphatic heterocycles. The number of sulfonamides is 1. The molecular weight excluding hydrogens is 418 g/mol. The summed E-state index contributed by atoms with van der Waals surface area (Å²) in [5, 5.41) is 0. The predicted octanol–water partition coefficient (Wildman–Crippen LogP) is 2.21. The summed E-state index contributed by atoms with van der Waals surface area (Å²) in [5.41, 5.74) is 1.26. The highest BCUT2D eigenvalue weighted by atomic mass is 32.2. The van der Waals surface area contributed by atoms with Crippen molar-refractivity contribution in [2.75, 3.05) is 13.2 Å². The molecule has 1 saturated heterocycles. The molecule has 3 heterocycles. The van der Waals surface area contributed by atoms with Crippen LogP contribution in [0.15, 0.2) is 47.6 Å². The third kappa shape index (κ3) is 3.72. The lowest BCUT2D eigenvalue weighted by molar-refractivity contribution is 0.0506. The third-order valence-corrected chi connectivity index (χ3v) is 7.78. The van der Waals surface area contributed by atoms with Crippen molar-refractivity contribution in [3.05, 3.63) is 59.4 Å². The summed E-state index contributed by atoms with van der Waals surface area (Å²) >= 11 is 0. The number of aromatic nitrogens is 1.